The molecular weight excluding hydrogens is 206 g/mol. The fourth-order valence-corrected chi connectivity index (χ4v) is 0.995. The molecular formula is C11H13N3O2. The Bertz CT molecular complexity index is 462. The van der Waals surface area contributed by atoms with Crippen LogP contribution in [0, 0.1) is 16.7 Å². The zero-order valence-electron chi connectivity index (χ0n) is 9.20. The molecule has 0 aliphatic heterocycles. The van der Waals surface area contributed by atoms with Gasteiger partial charge in [-0.1, -0.05) is 0 Å². The van der Waals surface area contributed by atoms with Gasteiger partial charge in [0.15, 0.2) is 0 Å². The maximum Gasteiger partial charge on any atom is 0.252 e. The molecule has 0 spiro atoms. The molecule has 0 aliphatic carbocycles. The maximum absolute atomic E-state index is 11.6. The lowest BCUT2D eigenvalue weighted by atomic mass is 9.96. The van der Waals surface area contributed by atoms with Crippen molar-refractivity contribution in [3.8, 4) is 6.07 Å². The summed E-state index contributed by atoms with van der Waals surface area (Å²) >= 11 is 0. The van der Waals surface area contributed by atoms with E-state index in [1.54, 1.807) is 13.8 Å². The smallest absolute Gasteiger partial charge is 0.252 e. The Morgan fingerprint density at radius 3 is 2.75 bits per heavy atom. The van der Waals surface area contributed by atoms with E-state index in [4.69, 9.17) is 5.26 Å². The second-order valence-electron chi connectivity index (χ2n) is 4.12. The second-order valence-corrected chi connectivity index (χ2v) is 4.12. The third-order valence-electron chi connectivity index (χ3n) is 2.04. The molecule has 16 heavy (non-hydrogen) atoms. The monoisotopic (exact) mass is 219 g/mol. The highest BCUT2D eigenvalue weighted by Gasteiger charge is 2.18. The van der Waals surface area contributed by atoms with Gasteiger partial charge >= 0.3 is 0 Å². The molecule has 0 aliphatic rings. The summed E-state index contributed by atoms with van der Waals surface area (Å²) in [7, 11) is 0. The van der Waals surface area contributed by atoms with E-state index in [2.05, 4.69) is 16.4 Å². The number of pyridine rings is 1. The molecule has 0 atom stereocenters. The van der Waals surface area contributed by atoms with Gasteiger partial charge in [-0.15, -0.1) is 0 Å². The van der Waals surface area contributed by atoms with E-state index >= 15 is 0 Å². The average molecular weight is 219 g/mol. The van der Waals surface area contributed by atoms with Crippen molar-refractivity contribution in [3.63, 3.8) is 0 Å². The van der Waals surface area contributed by atoms with Crippen LogP contribution in [0.3, 0.4) is 0 Å². The molecule has 1 heterocycles. The Morgan fingerprint density at radius 2 is 2.25 bits per heavy atom. The van der Waals surface area contributed by atoms with Crippen molar-refractivity contribution >= 4 is 5.91 Å². The van der Waals surface area contributed by atoms with Crippen LogP contribution in [0.2, 0.25) is 0 Å². The van der Waals surface area contributed by atoms with Crippen LogP contribution in [0.15, 0.2) is 23.1 Å². The van der Waals surface area contributed by atoms with Gasteiger partial charge in [-0.05, 0) is 19.9 Å². The zero-order chi connectivity index (χ0) is 12.2. The van der Waals surface area contributed by atoms with Gasteiger partial charge in [-0.25, -0.2) is 0 Å². The van der Waals surface area contributed by atoms with E-state index in [0.717, 1.165) is 0 Å². The summed E-state index contributed by atoms with van der Waals surface area (Å²) in [5.74, 6) is -0.306. The van der Waals surface area contributed by atoms with E-state index in [1.165, 1.54) is 18.3 Å². The molecule has 0 fully saturated rings. The normalized spacial score (nSPS) is 10.6. The van der Waals surface area contributed by atoms with Gasteiger partial charge in [0, 0.05) is 18.8 Å². The first-order valence-corrected chi connectivity index (χ1v) is 4.83. The summed E-state index contributed by atoms with van der Waals surface area (Å²) < 4.78 is 0. The molecule has 5 nitrogen and oxygen atoms in total. The highest BCUT2D eigenvalue weighted by atomic mass is 16.1. The lowest BCUT2D eigenvalue weighted by molar-refractivity contribution is 0.0943. The van der Waals surface area contributed by atoms with E-state index in [0.29, 0.717) is 5.56 Å². The minimum Gasteiger partial charge on any atom is -0.350 e. The first-order chi connectivity index (χ1) is 7.44. The van der Waals surface area contributed by atoms with Crippen LogP contribution < -0.4 is 10.9 Å². The van der Waals surface area contributed by atoms with Gasteiger partial charge in [0.1, 0.15) is 0 Å². The van der Waals surface area contributed by atoms with Gasteiger partial charge in [0.05, 0.1) is 17.0 Å². The third-order valence-corrected chi connectivity index (χ3v) is 2.04. The highest BCUT2D eigenvalue weighted by Crippen LogP contribution is 2.10. The van der Waals surface area contributed by atoms with Crippen LogP contribution in [0.25, 0.3) is 0 Å². The number of hydrogen-bond acceptors (Lipinski definition) is 3. The number of nitrogens with zero attached hydrogens (tertiary/aromatic N) is 1. The largest absolute Gasteiger partial charge is 0.350 e. The summed E-state index contributed by atoms with van der Waals surface area (Å²) in [6.45, 7) is 3.74. The molecule has 0 radical (unpaired) electrons. The van der Waals surface area contributed by atoms with E-state index in [-0.39, 0.29) is 18.0 Å². The molecule has 1 amide bonds. The Kier molecular flexibility index (Phi) is 3.46. The quantitative estimate of drug-likeness (QED) is 0.782. The summed E-state index contributed by atoms with van der Waals surface area (Å²) in [5.41, 5.74) is -0.486. The number of aromatic amines is 1. The predicted octanol–water partition coefficient (Wildman–Crippen LogP) is 0.654. The van der Waals surface area contributed by atoms with Crippen LogP contribution in [-0.4, -0.2) is 17.4 Å². The Balaban J connectivity index is 2.64. The Labute approximate surface area is 93.1 Å². The van der Waals surface area contributed by atoms with Crippen LogP contribution >= 0.6 is 0 Å². The number of H-pyrrole nitrogens is 1. The van der Waals surface area contributed by atoms with E-state index in [9.17, 15) is 9.59 Å². The number of nitriles is 1. The molecule has 0 aromatic carbocycles. The van der Waals surface area contributed by atoms with Crippen molar-refractivity contribution in [3.05, 3.63) is 34.2 Å². The Hall–Kier alpha value is -2.09. The van der Waals surface area contributed by atoms with Crippen molar-refractivity contribution in [2.75, 3.05) is 6.54 Å². The summed E-state index contributed by atoms with van der Waals surface area (Å²) in [5, 5.41) is 11.4. The molecule has 1 aromatic rings. The average Bonchev–Trinajstić information content (AvgIpc) is 2.27. The molecule has 5 heteroatoms. The number of carbonyl (C=O) groups is 1. The minimum atomic E-state index is -0.599. The molecule has 1 rings (SSSR count). The van der Waals surface area contributed by atoms with Crippen molar-refractivity contribution in [2.24, 2.45) is 5.41 Å². The first-order valence-electron chi connectivity index (χ1n) is 4.83. The molecule has 2 N–H and O–H groups in total. The van der Waals surface area contributed by atoms with Gasteiger partial charge < -0.3 is 10.3 Å². The Morgan fingerprint density at radius 1 is 1.56 bits per heavy atom. The summed E-state index contributed by atoms with van der Waals surface area (Å²) in [4.78, 5) is 24.8. The van der Waals surface area contributed by atoms with Crippen LogP contribution in [0.1, 0.15) is 24.2 Å². The molecule has 84 valence electrons. The molecule has 0 saturated carbocycles. The number of aromatic nitrogens is 1. The van der Waals surface area contributed by atoms with Crippen molar-refractivity contribution < 1.29 is 4.79 Å². The van der Waals surface area contributed by atoms with Gasteiger partial charge in [0.25, 0.3) is 5.91 Å². The molecule has 1 aromatic heterocycles. The van der Waals surface area contributed by atoms with Crippen molar-refractivity contribution in [1.82, 2.24) is 10.3 Å². The number of carbonyl (C=O) groups excluding carboxylic acids is 1. The minimum absolute atomic E-state index is 0.256. The van der Waals surface area contributed by atoms with Gasteiger partial charge in [-0.2, -0.15) is 5.26 Å². The number of hydrogen-bond donors (Lipinski definition) is 2. The standard InChI is InChI=1S/C11H13N3O2/c1-11(2,6-12)7-14-10(16)8-3-4-9(15)13-5-8/h3-5H,7H2,1-2H3,(H,13,15)(H,14,16). The third kappa shape index (κ3) is 3.24. The van der Waals surface area contributed by atoms with Crippen LogP contribution in [0.5, 0.6) is 0 Å². The molecule has 0 unspecified atom stereocenters. The highest BCUT2D eigenvalue weighted by molar-refractivity contribution is 5.93. The topological polar surface area (TPSA) is 85.8 Å². The molecule has 0 bridgehead atoms. The number of nitrogens with one attached hydrogen (secondary N) is 2. The van der Waals surface area contributed by atoms with E-state index in [1.807, 2.05) is 0 Å². The first kappa shape index (κ1) is 12.0. The maximum atomic E-state index is 11.6. The number of rotatable bonds is 3. The molecule has 0 saturated heterocycles. The zero-order valence-corrected chi connectivity index (χ0v) is 9.20. The number of amides is 1. The lowest BCUT2D eigenvalue weighted by Crippen LogP contribution is -2.33. The SMILES string of the molecule is CC(C)(C#N)CNC(=O)c1ccc(=O)[nH]c1. The summed E-state index contributed by atoms with van der Waals surface area (Å²) in [6, 6.07) is 4.80. The fourth-order valence-electron chi connectivity index (χ4n) is 0.995. The van der Waals surface area contributed by atoms with Gasteiger partial charge in [0.2, 0.25) is 5.56 Å². The predicted molar refractivity (Wildman–Crippen MR) is 58.8 cm³/mol. The fraction of sp³-hybridized carbons (Fsp3) is 0.364. The van der Waals surface area contributed by atoms with Crippen LogP contribution in [0.4, 0.5) is 0 Å². The van der Waals surface area contributed by atoms with Crippen molar-refractivity contribution in [2.45, 2.75) is 13.8 Å². The second kappa shape index (κ2) is 4.62. The van der Waals surface area contributed by atoms with Crippen molar-refractivity contribution in [1.29, 1.82) is 5.26 Å². The van der Waals surface area contributed by atoms with Crippen LogP contribution in [-0.2, 0) is 0 Å². The van der Waals surface area contributed by atoms with Gasteiger partial charge in [-0.3, -0.25) is 9.59 Å². The van der Waals surface area contributed by atoms with E-state index < -0.39 is 5.41 Å². The lowest BCUT2D eigenvalue weighted by Gasteiger charge is -2.15. The summed E-state index contributed by atoms with van der Waals surface area (Å²) in [6.07, 6.45) is 1.34.